The molecule has 2 rings (SSSR count). The molecule has 4 N–H and O–H groups in total. The number of hydrogen-bond acceptors (Lipinski definition) is 3. The van der Waals surface area contributed by atoms with Crippen LogP contribution in [0, 0.1) is 0 Å². The van der Waals surface area contributed by atoms with Gasteiger partial charge < -0.3 is 16.2 Å². The number of halogens is 2. The number of carbonyl (C=O) groups is 1. The lowest BCUT2D eigenvalue weighted by molar-refractivity contribution is 0.0996. The molecule has 0 spiro atoms. The second-order valence-electron chi connectivity index (χ2n) is 4.11. The van der Waals surface area contributed by atoms with E-state index in [9.17, 15) is 4.79 Å². The molecule has 0 aromatic heterocycles. The number of benzene rings is 2. The Balaban J connectivity index is 2.27. The predicted molar refractivity (Wildman–Crippen MR) is 80.2 cm³/mol. The monoisotopic (exact) mass is 310 g/mol. The second kappa shape index (κ2) is 6.03. The van der Waals surface area contributed by atoms with E-state index in [1.54, 1.807) is 24.3 Å². The molecular formula is C14H12Cl2N2O2. The van der Waals surface area contributed by atoms with Crippen molar-refractivity contribution < 1.29 is 9.53 Å². The van der Waals surface area contributed by atoms with Crippen molar-refractivity contribution >= 4 is 34.8 Å². The van der Waals surface area contributed by atoms with Crippen LogP contribution in [-0.2, 0) is 6.61 Å². The van der Waals surface area contributed by atoms with E-state index in [1.165, 1.54) is 12.1 Å². The van der Waals surface area contributed by atoms with E-state index in [-0.39, 0.29) is 12.2 Å². The minimum atomic E-state index is -0.592. The first-order valence-corrected chi connectivity index (χ1v) is 6.49. The average Bonchev–Trinajstić information content (AvgIpc) is 2.37. The van der Waals surface area contributed by atoms with Gasteiger partial charge in [-0.3, -0.25) is 4.79 Å². The normalized spacial score (nSPS) is 10.3. The largest absolute Gasteiger partial charge is 0.488 e. The second-order valence-corrected chi connectivity index (χ2v) is 4.92. The summed E-state index contributed by atoms with van der Waals surface area (Å²) >= 11 is 12.1. The van der Waals surface area contributed by atoms with Crippen molar-refractivity contribution in [2.45, 2.75) is 6.61 Å². The van der Waals surface area contributed by atoms with Gasteiger partial charge in [0.15, 0.2) is 0 Å². The van der Waals surface area contributed by atoms with Gasteiger partial charge in [-0.25, -0.2) is 0 Å². The van der Waals surface area contributed by atoms with Gasteiger partial charge in [-0.2, -0.15) is 0 Å². The van der Waals surface area contributed by atoms with Gasteiger partial charge in [-0.05, 0) is 24.3 Å². The van der Waals surface area contributed by atoms with Crippen molar-refractivity contribution in [3.05, 3.63) is 57.6 Å². The lowest BCUT2D eigenvalue weighted by atomic mass is 10.1. The third-order valence-electron chi connectivity index (χ3n) is 2.70. The van der Waals surface area contributed by atoms with Crippen LogP contribution in [0.3, 0.4) is 0 Å². The first-order valence-electron chi connectivity index (χ1n) is 5.74. The Morgan fingerprint density at radius 1 is 1.15 bits per heavy atom. The van der Waals surface area contributed by atoms with E-state index < -0.39 is 5.91 Å². The molecule has 0 aliphatic carbocycles. The van der Waals surface area contributed by atoms with E-state index in [0.717, 1.165) is 0 Å². The molecule has 1 amide bonds. The van der Waals surface area contributed by atoms with Gasteiger partial charge in [0.2, 0.25) is 0 Å². The van der Waals surface area contributed by atoms with Crippen molar-refractivity contribution in [2.24, 2.45) is 5.73 Å². The summed E-state index contributed by atoms with van der Waals surface area (Å²) in [6, 6.07) is 9.78. The van der Waals surface area contributed by atoms with Crippen LogP contribution in [0.1, 0.15) is 15.9 Å². The Hall–Kier alpha value is -1.91. The molecular weight excluding hydrogens is 299 g/mol. The summed E-state index contributed by atoms with van der Waals surface area (Å²) in [5.41, 5.74) is 12.3. The van der Waals surface area contributed by atoms with Gasteiger partial charge >= 0.3 is 0 Å². The van der Waals surface area contributed by atoms with Gasteiger partial charge in [-0.15, -0.1) is 0 Å². The molecule has 2 aromatic carbocycles. The quantitative estimate of drug-likeness (QED) is 0.851. The van der Waals surface area contributed by atoms with Crippen molar-refractivity contribution in [2.75, 3.05) is 5.73 Å². The molecule has 104 valence electrons. The molecule has 2 aromatic rings. The molecule has 20 heavy (non-hydrogen) atoms. The molecule has 0 aliphatic heterocycles. The molecule has 0 saturated heterocycles. The Bertz CT molecular complexity index is 639. The number of hydrogen-bond donors (Lipinski definition) is 2. The Morgan fingerprint density at radius 3 is 2.40 bits per heavy atom. The zero-order chi connectivity index (χ0) is 14.7. The SMILES string of the molecule is NC(=O)c1ccc(N)cc1OCc1c(Cl)cccc1Cl. The fourth-order valence-electron chi connectivity index (χ4n) is 1.68. The Labute approximate surface area is 126 Å². The van der Waals surface area contributed by atoms with Crippen LogP contribution in [0.25, 0.3) is 0 Å². The summed E-state index contributed by atoms with van der Waals surface area (Å²) in [6.07, 6.45) is 0. The zero-order valence-electron chi connectivity index (χ0n) is 10.4. The van der Waals surface area contributed by atoms with Crippen LogP contribution in [-0.4, -0.2) is 5.91 Å². The van der Waals surface area contributed by atoms with Crippen molar-refractivity contribution in [3.63, 3.8) is 0 Å². The number of primary amides is 1. The molecule has 6 heteroatoms. The molecule has 0 heterocycles. The lowest BCUT2D eigenvalue weighted by Gasteiger charge is -2.12. The number of amides is 1. The smallest absolute Gasteiger partial charge is 0.252 e. The average molecular weight is 311 g/mol. The number of nitrogen functional groups attached to an aromatic ring is 1. The maximum Gasteiger partial charge on any atom is 0.252 e. The van der Waals surface area contributed by atoms with Crippen LogP contribution < -0.4 is 16.2 Å². The Kier molecular flexibility index (Phi) is 4.37. The molecule has 4 nitrogen and oxygen atoms in total. The maximum absolute atomic E-state index is 11.3. The van der Waals surface area contributed by atoms with Crippen LogP contribution >= 0.6 is 23.2 Å². The molecule has 0 bridgehead atoms. The third-order valence-corrected chi connectivity index (χ3v) is 3.41. The van der Waals surface area contributed by atoms with Gasteiger partial charge in [0, 0.05) is 27.4 Å². The van der Waals surface area contributed by atoms with Gasteiger partial charge in [0.1, 0.15) is 12.4 Å². The fraction of sp³-hybridized carbons (Fsp3) is 0.0714. The molecule has 0 fully saturated rings. The zero-order valence-corrected chi connectivity index (χ0v) is 11.9. The van der Waals surface area contributed by atoms with Gasteiger partial charge in [0.25, 0.3) is 5.91 Å². The summed E-state index contributed by atoms with van der Waals surface area (Å²) in [5, 5.41) is 0.976. The highest BCUT2D eigenvalue weighted by Crippen LogP contribution is 2.28. The Morgan fingerprint density at radius 2 is 1.80 bits per heavy atom. The van der Waals surface area contributed by atoms with E-state index in [2.05, 4.69) is 0 Å². The van der Waals surface area contributed by atoms with E-state index in [0.29, 0.717) is 27.0 Å². The summed E-state index contributed by atoms with van der Waals surface area (Å²) in [7, 11) is 0. The van der Waals surface area contributed by atoms with Crippen LogP contribution in [0.4, 0.5) is 5.69 Å². The first-order chi connectivity index (χ1) is 9.49. The predicted octanol–water partition coefficient (Wildman–Crippen LogP) is 3.25. The fourth-order valence-corrected chi connectivity index (χ4v) is 2.19. The van der Waals surface area contributed by atoms with Crippen molar-refractivity contribution in [1.82, 2.24) is 0 Å². The number of nitrogens with two attached hydrogens (primary N) is 2. The van der Waals surface area contributed by atoms with Gasteiger partial charge in [0.05, 0.1) is 5.56 Å². The van der Waals surface area contributed by atoms with E-state index in [1.807, 2.05) is 0 Å². The van der Waals surface area contributed by atoms with Crippen molar-refractivity contribution in [3.8, 4) is 5.75 Å². The van der Waals surface area contributed by atoms with Crippen LogP contribution in [0.5, 0.6) is 5.75 Å². The highest BCUT2D eigenvalue weighted by Gasteiger charge is 2.12. The van der Waals surface area contributed by atoms with Crippen molar-refractivity contribution in [1.29, 1.82) is 0 Å². The molecule has 0 unspecified atom stereocenters. The summed E-state index contributed by atoms with van der Waals surface area (Å²) in [5.74, 6) is -0.293. The number of ether oxygens (including phenoxy) is 1. The highest BCUT2D eigenvalue weighted by atomic mass is 35.5. The summed E-state index contributed by atoms with van der Waals surface area (Å²) in [4.78, 5) is 11.3. The van der Waals surface area contributed by atoms with Crippen LogP contribution in [0.2, 0.25) is 10.0 Å². The van der Waals surface area contributed by atoms with E-state index in [4.69, 9.17) is 39.4 Å². The summed E-state index contributed by atoms with van der Waals surface area (Å²) < 4.78 is 5.58. The van der Waals surface area contributed by atoms with Crippen LogP contribution in [0.15, 0.2) is 36.4 Å². The van der Waals surface area contributed by atoms with Gasteiger partial charge in [-0.1, -0.05) is 29.3 Å². The topological polar surface area (TPSA) is 78.3 Å². The maximum atomic E-state index is 11.3. The summed E-state index contributed by atoms with van der Waals surface area (Å²) in [6.45, 7) is 0.113. The number of carbonyl (C=O) groups excluding carboxylic acids is 1. The molecule has 0 saturated carbocycles. The standard InChI is InChI=1S/C14H12Cl2N2O2/c15-11-2-1-3-12(16)10(11)7-20-13-6-8(17)4-5-9(13)14(18)19/h1-6H,7,17H2,(H2,18,19). The highest BCUT2D eigenvalue weighted by molar-refractivity contribution is 6.35. The lowest BCUT2D eigenvalue weighted by Crippen LogP contribution is -2.13. The van der Waals surface area contributed by atoms with E-state index >= 15 is 0 Å². The third kappa shape index (κ3) is 3.15. The number of rotatable bonds is 4. The minimum Gasteiger partial charge on any atom is -0.488 e. The molecule has 0 radical (unpaired) electrons. The first kappa shape index (κ1) is 14.5. The minimum absolute atomic E-state index is 0.113. The molecule has 0 atom stereocenters. The molecule has 0 aliphatic rings. The number of anilines is 1.